The van der Waals surface area contributed by atoms with Crippen molar-refractivity contribution in [3.05, 3.63) is 53.1 Å². The van der Waals surface area contributed by atoms with Gasteiger partial charge in [-0.1, -0.05) is 41.1 Å². The highest BCUT2D eigenvalue weighted by molar-refractivity contribution is 7.22. The van der Waals surface area contributed by atoms with E-state index in [1.165, 1.54) is 0 Å². The van der Waals surface area contributed by atoms with Crippen LogP contribution in [-0.4, -0.2) is 12.1 Å². The molecule has 0 aliphatic rings. The summed E-state index contributed by atoms with van der Waals surface area (Å²) in [4.78, 5) is 4.56. The number of anilines is 2. The molecule has 0 unspecified atom stereocenters. The summed E-state index contributed by atoms with van der Waals surface area (Å²) in [6.07, 6.45) is 0. The van der Waals surface area contributed by atoms with Gasteiger partial charge in [-0.2, -0.15) is 0 Å². The summed E-state index contributed by atoms with van der Waals surface area (Å²) in [5.74, 6) is 0. The Morgan fingerprint density at radius 3 is 2.95 bits per heavy atom. The zero-order valence-corrected chi connectivity index (χ0v) is 12.5. The molecule has 0 aliphatic heterocycles. The molecule has 0 fully saturated rings. The van der Waals surface area contributed by atoms with Crippen molar-refractivity contribution in [2.75, 3.05) is 12.4 Å². The van der Waals surface area contributed by atoms with Gasteiger partial charge in [0.15, 0.2) is 5.13 Å². The second-order valence-electron chi connectivity index (χ2n) is 4.35. The lowest BCUT2D eigenvalue weighted by Gasteiger charge is -2.08. The normalized spacial score (nSPS) is 10.9. The van der Waals surface area contributed by atoms with Crippen LogP contribution < -0.4 is 5.32 Å². The smallest absolute Gasteiger partial charge is 0.188 e. The Balaban J connectivity index is 1.93. The Labute approximate surface area is 126 Å². The fraction of sp³-hybridized carbons (Fsp3) is 0.133. The molecule has 1 N–H and O–H groups in total. The highest BCUT2D eigenvalue weighted by Gasteiger charge is 2.07. The number of rotatable bonds is 4. The summed E-state index contributed by atoms with van der Waals surface area (Å²) in [6, 6.07) is 13.8. The van der Waals surface area contributed by atoms with E-state index < -0.39 is 0 Å². The first-order valence-electron chi connectivity index (χ1n) is 6.16. The molecular formula is C15H13ClN2OS. The zero-order chi connectivity index (χ0) is 13.9. The van der Waals surface area contributed by atoms with E-state index in [2.05, 4.69) is 10.3 Å². The van der Waals surface area contributed by atoms with Crippen LogP contribution in [0.25, 0.3) is 10.2 Å². The summed E-state index contributed by atoms with van der Waals surface area (Å²) >= 11 is 7.58. The lowest BCUT2D eigenvalue weighted by Crippen LogP contribution is -1.96. The molecule has 2 aromatic carbocycles. The maximum absolute atomic E-state index is 6.00. The van der Waals surface area contributed by atoms with Gasteiger partial charge in [-0.3, -0.25) is 0 Å². The van der Waals surface area contributed by atoms with E-state index >= 15 is 0 Å². The van der Waals surface area contributed by atoms with Crippen LogP contribution in [0.15, 0.2) is 42.5 Å². The Morgan fingerprint density at radius 1 is 1.25 bits per heavy atom. The minimum atomic E-state index is 0.569. The van der Waals surface area contributed by atoms with Crippen LogP contribution in [0.1, 0.15) is 5.56 Å². The van der Waals surface area contributed by atoms with Gasteiger partial charge in [0.1, 0.15) is 0 Å². The van der Waals surface area contributed by atoms with Gasteiger partial charge >= 0.3 is 0 Å². The molecule has 3 aromatic rings. The quantitative estimate of drug-likeness (QED) is 0.749. The molecule has 3 rings (SSSR count). The summed E-state index contributed by atoms with van der Waals surface area (Å²) < 4.78 is 6.28. The van der Waals surface area contributed by atoms with Crippen LogP contribution in [-0.2, 0) is 11.3 Å². The van der Waals surface area contributed by atoms with Crippen molar-refractivity contribution in [1.29, 1.82) is 0 Å². The van der Waals surface area contributed by atoms with E-state index in [0.717, 1.165) is 31.6 Å². The van der Waals surface area contributed by atoms with Crippen molar-refractivity contribution in [3.63, 3.8) is 0 Å². The van der Waals surface area contributed by atoms with Gasteiger partial charge < -0.3 is 10.1 Å². The van der Waals surface area contributed by atoms with E-state index in [0.29, 0.717) is 6.61 Å². The van der Waals surface area contributed by atoms with Crippen LogP contribution >= 0.6 is 22.9 Å². The Morgan fingerprint density at radius 2 is 2.10 bits per heavy atom. The summed E-state index contributed by atoms with van der Waals surface area (Å²) in [6.45, 7) is 0.569. The van der Waals surface area contributed by atoms with Gasteiger partial charge in [-0.15, -0.1) is 0 Å². The van der Waals surface area contributed by atoms with Crippen LogP contribution in [0.5, 0.6) is 0 Å². The zero-order valence-electron chi connectivity index (χ0n) is 10.9. The maximum atomic E-state index is 6.00. The van der Waals surface area contributed by atoms with Crippen molar-refractivity contribution in [3.8, 4) is 0 Å². The molecule has 20 heavy (non-hydrogen) atoms. The van der Waals surface area contributed by atoms with Crippen molar-refractivity contribution < 1.29 is 4.74 Å². The second kappa shape index (κ2) is 5.79. The summed E-state index contributed by atoms with van der Waals surface area (Å²) in [5.41, 5.74) is 3.07. The number of para-hydroxylation sites is 1. The number of ether oxygens (including phenoxy) is 1. The number of benzene rings is 2. The summed E-state index contributed by atoms with van der Waals surface area (Å²) in [5, 5.41) is 4.93. The predicted octanol–water partition coefficient (Wildman–Crippen LogP) is 4.84. The van der Waals surface area contributed by atoms with Crippen LogP contribution in [0.3, 0.4) is 0 Å². The number of nitrogens with zero attached hydrogens (tertiary/aromatic N) is 1. The molecule has 5 heteroatoms. The maximum Gasteiger partial charge on any atom is 0.188 e. The summed E-state index contributed by atoms with van der Waals surface area (Å²) in [7, 11) is 1.69. The second-order valence-corrected chi connectivity index (χ2v) is 5.81. The van der Waals surface area contributed by atoms with Crippen molar-refractivity contribution in [2.45, 2.75) is 6.61 Å². The number of thiazole rings is 1. The van der Waals surface area contributed by atoms with E-state index in [-0.39, 0.29) is 0 Å². The Hall–Kier alpha value is -1.62. The van der Waals surface area contributed by atoms with Crippen LogP contribution in [0.2, 0.25) is 5.02 Å². The van der Waals surface area contributed by atoms with Crippen molar-refractivity contribution >= 4 is 44.0 Å². The number of nitrogens with one attached hydrogen (secondary N) is 1. The van der Waals surface area contributed by atoms with E-state index in [9.17, 15) is 0 Å². The molecule has 0 saturated carbocycles. The topological polar surface area (TPSA) is 34.1 Å². The number of halogens is 1. The molecule has 0 atom stereocenters. The molecule has 0 bridgehead atoms. The number of aromatic nitrogens is 1. The fourth-order valence-electron chi connectivity index (χ4n) is 1.99. The molecule has 0 spiro atoms. The van der Waals surface area contributed by atoms with E-state index in [1.54, 1.807) is 18.4 Å². The molecule has 102 valence electrons. The third-order valence-corrected chi connectivity index (χ3v) is 4.08. The fourth-order valence-corrected chi connectivity index (χ4v) is 3.14. The van der Waals surface area contributed by atoms with Crippen molar-refractivity contribution in [2.24, 2.45) is 0 Å². The molecule has 0 saturated heterocycles. The largest absolute Gasteiger partial charge is 0.380 e. The standard InChI is InChI=1S/C15H13ClN2OS/c1-19-9-10-4-2-3-5-12(10)17-15-18-13-7-6-11(16)8-14(13)20-15/h2-8H,9H2,1H3,(H,17,18). The SMILES string of the molecule is COCc1ccccc1Nc1nc2ccc(Cl)cc2s1. The molecule has 3 nitrogen and oxygen atoms in total. The first-order chi connectivity index (χ1) is 9.76. The van der Waals surface area contributed by atoms with Gasteiger partial charge in [-0.05, 0) is 24.3 Å². The average molecular weight is 305 g/mol. The lowest BCUT2D eigenvalue weighted by atomic mass is 10.2. The number of hydrogen-bond donors (Lipinski definition) is 1. The van der Waals surface area contributed by atoms with Crippen LogP contribution in [0.4, 0.5) is 10.8 Å². The number of hydrogen-bond acceptors (Lipinski definition) is 4. The number of fused-ring (bicyclic) bond motifs is 1. The van der Waals surface area contributed by atoms with Crippen LogP contribution in [0, 0.1) is 0 Å². The minimum absolute atomic E-state index is 0.569. The lowest BCUT2D eigenvalue weighted by molar-refractivity contribution is 0.185. The average Bonchev–Trinajstić information content (AvgIpc) is 2.82. The van der Waals surface area contributed by atoms with Gasteiger partial charge in [0.25, 0.3) is 0 Å². The molecule has 0 amide bonds. The van der Waals surface area contributed by atoms with Gasteiger partial charge in [0.05, 0.1) is 16.8 Å². The molecule has 1 heterocycles. The third-order valence-electron chi connectivity index (χ3n) is 2.91. The van der Waals surface area contributed by atoms with Gasteiger partial charge in [0.2, 0.25) is 0 Å². The Kier molecular flexibility index (Phi) is 3.87. The van der Waals surface area contributed by atoms with E-state index in [4.69, 9.17) is 16.3 Å². The Bertz CT molecular complexity index is 742. The molecule has 1 aromatic heterocycles. The predicted molar refractivity (Wildman–Crippen MR) is 85.1 cm³/mol. The number of methoxy groups -OCH3 is 1. The minimum Gasteiger partial charge on any atom is -0.380 e. The monoisotopic (exact) mass is 304 g/mol. The van der Waals surface area contributed by atoms with E-state index in [1.807, 2.05) is 42.5 Å². The highest BCUT2D eigenvalue weighted by Crippen LogP contribution is 2.31. The van der Waals surface area contributed by atoms with Crippen molar-refractivity contribution in [1.82, 2.24) is 4.98 Å². The molecule has 0 radical (unpaired) electrons. The molecule has 0 aliphatic carbocycles. The molecular weight excluding hydrogens is 292 g/mol. The van der Waals surface area contributed by atoms with Gasteiger partial charge in [-0.25, -0.2) is 4.98 Å². The highest BCUT2D eigenvalue weighted by atomic mass is 35.5. The van der Waals surface area contributed by atoms with Gasteiger partial charge in [0, 0.05) is 23.4 Å². The third kappa shape index (κ3) is 2.77. The first kappa shape index (κ1) is 13.4. The first-order valence-corrected chi connectivity index (χ1v) is 7.35.